The molecule has 0 fully saturated rings. The van der Waals surface area contributed by atoms with Crippen molar-refractivity contribution in [3.05, 3.63) is 50.5 Å². The Labute approximate surface area is 180 Å². The van der Waals surface area contributed by atoms with E-state index in [9.17, 15) is 28.1 Å². The molecule has 0 saturated heterocycles. The third-order valence-corrected chi connectivity index (χ3v) is 4.30. The molecular formula is C18H19ClF3N5O4. The Kier molecular flexibility index (Phi) is 7.50. The number of amides is 1. The van der Waals surface area contributed by atoms with Gasteiger partial charge in [-0.05, 0) is 18.6 Å². The molecule has 0 spiro atoms. The Balaban J connectivity index is 1.96. The van der Waals surface area contributed by atoms with Crippen LogP contribution in [0.5, 0.6) is 5.88 Å². The van der Waals surface area contributed by atoms with Crippen LogP contribution < -0.4 is 20.7 Å². The molecule has 0 unspecified atom stereocenters. The van der Waals surface area contributed by atoms with Crippen molar-refractivity contribution in [2.24, 2.45) is 0 Å². The van der Waals surface area contributed by atoms with Crippen LogP contribution in [0.1, 0.15) is 22.3 Å². The first-order valence-corrected chi connectivity index (χ1v) is 9.19. The van der Waals surface area contributed by atoms with Gasteiger partial charge in [-0.15, -0.1) is 0 Å². The topological polar surface area (TPSA) is 124 Å². The molecule has 0 atom stereocenters. The number of nitrogens with zero attached hydrogens (tertiary/aromatic N) is 3. The SMILES string of the molecule is CN(C)c1cc(C(F)(F)F)cc(OCCCNC(=O)c2cc([N+](=O)[O-])c(N)cc2Cl)n1. The van der Waals surface area contributed by atoms with Crippen molar-refractivity contribution in [1.29, 1.82) is 0 Å². The summed E-state index contributed by atoms with van der Waals surface area (Å²) in [5.74, 6) is -0.792. The molecule has 1 aromatic heterocycles. The molecule has 9 nitrogen and oxygen atoms in total. The van der Waals surface area contributed by atoms with E-state index in [-0.39, 0.29) is 47.5 Å². The molecule has 1 amide bonds. The van der Waals surface area contributed by atoms with Crippen molar-refractivity contribution in [3.8, 4) is 5.88 Å². The van der Waals surface area contributed by atoms with Gasteiger partial charge in [0.25, 0.3) is 11.6 Å². The number of hydrogen-bond donors (Lipinski definition) is 2. The standard InChI is InChI=1S/C18H19ClF3N5O4/c1-26(2)15-6-10(18(20,21)22)7-16(25-15)31-5-3-4-24-17(28)11-8-14(27(29)30)13(23)9-12(11)19/h6-9H,3-5,23H2,1-2H3,(H,24,28). The second-order valence-corrected chi connectivity index (χ2v) is 6.96. The maximum absolute atomic E-state index is 13.0. The summed E-state index contributed by atoms with van der Waals surface area (Å²) < 4.78 is 44.4. The van der Waals surface area contributed by atoms with Crippen LogP contribution in [-0.4, -0.2) is 43.1 Å². The number of benzene rings is 1. The smallest absolute Gasteiger partial charge is 0.416 e. The zero-order chi connectivity index (χ0) is 23.3. The second-order valence-electron chi connectivity index (χ2n) is 6.55. The minimum Gasteiger partial charge on any atom is -0.478 e. The molecule has 0 radical (unpaired) electrons. The molecule has 168 valence electrons. The first kappa shape index (κ1) is 24.0. The molecule has 0 aliphatic heterocycles. The average Bonchev–Trinajstić information content (AvgIpc) is 2.66. The number of carbonyl (C=O) groups is 1. The number of nitro benzene ring substituents is 1. The number of aromatic nitrogens is 1. The van der Waals surface area contributed by atoms with E-state index in [4.69, 9.17) is 22.1 Å². The van der Waals surface area contributed by atoms with Crippen molar-refractivity contribution < 1.29 is 27.6 Å². The number of alkyl halides is 3. The molecule has 0 aliphatic carbocycles. The molecule has 0 aliphatic rings. The Morgan fingerprint density at radius 1 is 1.32 bits per heavy atom. The van der Waals surface area contributed by atoms with Gasteiger partial charge in [-0.1, -0.05) is 11.6 Å². The van der Waals surface area contributed by atoms with Crippen LogP contribution in [0.2, 0.25) is 5.02 Å². The lowest BCUT2D eigenvalue weighted by atomic mass is 10.1. The summed E-state index contributed by atoms with van der Waals surface area (Å²) in [6, 6.07) is 3.78. The number of ether oxygens (including phenoxy) is 1. The quantitative estimate of drug-likeness (QED) is 0.267. The van der Waals surface area contributed by atoms with E-state index in [2.05, 4.69) is 10.3 Å². The van der Waals surface area contributed by atoms with Crippen LogP contribution in [0.3, 0.4) is 0 Å². The molecule has 31 heavy (non-hydrogen) atoms. The lowest BCUT2D eigenvalue weighted by Gasteiger charge is -2.16. The summed E-state index contributed by atoms with van der Waals surface area (Å²) in [4.78, 5) is 27.8. The van der Waals surface area contributed by atoms with E-state index in [1.165, 1.54) is 4.90 Å². The van der Waals surface area contributed by atoms with E-state index >= 15 is 0 Å². The van der Waals surface area contributed by atoms with Gasteiger partial charge < -0.3 is 20.7 Å². The summed E-state index contributed by atoms with van der Waals surface area (Å²) >= 11 is 5.92. The van der Waals surface area contributed by atoms with Crippen molar-refractivity contribution in [2.45, 2.75) is 12.6 Å². The van der Waals surface area contributed by atoms with Gasteiger partial charge in [0.15, 0.2) is 0 Å². The van der Waals surface area contributed by atoms with E-state index in [1.54, 1.807) is 14.1 Å². The molecule has 0 bridgehead atoms. The highest BCUT2D eigenvalue weighted by molar-refractivity contribution is 6.34. The largest absolute Gasteiger partial charge is 0.478 e. The summed E-state index contributed by atoms with van der Waals surface area (Å²) in [6.45, 7) is 0.0455. The van der Waals surface area contributed by atoms with Crippen LogP contribution >= 0.6 is 11.6 Å². The Morgan fingerprint density at radius 2 is 2.00 bits per heavy atom. The van der Waals surface area contributed by atoms with Crippen molar-refractivity contribution in [1.82, 2.24) is 10.3 Å². The monoisotopic (exact) mass is 461 g/mol. The summed E-state index contributed by atoms with van der Waals surface area (Å²) in [6.07, 6.45) is -4.32. The molecular weight excluding hydrogens is 443 g/mol. The number of hydrogen-bond acceptors (Lipinski definition) is 7. The number of rotatable bonds is 8. The predicted octanol–water partition coefficient (Wildman–Crippen LogP) is 3.51. The fourth-order valence-electron chi connectivity index (χ4n) is 2.41. The van der Waals surface area contributed by atoms with Crippen molar-refractivity contribution >= 4 is 34.7 Å². The van der Waals surface area contributed by atoms with Gasteiger partial charge in [0, 0.05) is 32.8 Å². The van der Waals surface area contributed by atoms with Gasteiger partial charge in [-0.2, -0.15) is 18.2 Å². The third kappa shape index (κ3) is 6.35. The normalized spacial score (nSPS) is 11.2. The van der Waals surface area contributed by atoms with Crippen LogP contribution in [0.4, 0.5) is 30.4 Å². The van der Waals surface area contributed by atoms with Crippen LogP contribution in [0, 0.1) is 10.1 Å². The Hall–Kier alpha value is -3.28. The maximum atomic E-state index is 13.0. The van der Waals surface area contributed by atoms with E-state index < -0.39 is 28.3 Å². The first-order valence-electron chi connectivity index (χ1n) is 8.81. The zero-order valence-electron chi connectivity index (χ0n) is 16.5. The third-order valence-electron chi connectivity index (χ3n) is 3.99. The van der Waals surface area contributed by atoms with Gasteiger partial charge in [0.2, 0.25) is 5.88 Å². The summed E-state index contributed by atoms with van der Waals surface area (Å²) in [5, 5.41) is 13.4. The van der Waals surface area contributed by atoms with Crippen molar-refractivity contribution in [3.63, 3.8) is 0 Å². The number of nitrogen functional groups attached to an aromatic ring is 1. The van der Waals surface area contributed by atoms with Gasteiger partial charge in [-0.3, -0.25) is 14.9 Å². The number of carbonyl (C=O) groups excluding carboxylic acids is 1. The Bertz CT molecular complexity index is 985. The minimum absolute atomic E-state index is 0.0307. The fourth-order valence-corrected chi connectivity index (χ4v) is 2.67. The first-order chi connectivity index (χ1) is 14.4. The van der Waals surface area contributed by atoms with Crippen LogP contribution in [0.15, 0.2) is 24.3 Å². The number of nitro groups is 1. The van der Waals surface area contributed by atoms with Gasteiger partial charge in [0.1, 0.15) is 11.5 Å². The summed E-state index contributed by atoms with van der Waals surface area (Å²) in [5.41, 5.74) is 3.85. The van der Waals surface area contributed by atoms with Crippen molar-refractivity contribution in [2.75, 3.05) is 37.9 Å². The highest BCUT2D eigenvalue weighted by Crippen LogP contribution is 2.33. The van der Waals surface area contributed by atoms with Gasteiger partial charge >= 0.3 is 6.18 Å². The lowest BCUT2D eigenvalue weighted by Crippen LogP contribution is -2.26. The predicted molar refractivity (Wildman–Crippen MR) is 109 cm³/mol. The summed E-state index contributed by atoms with van der Waals surface area (Å²) in [7, 11) is 3.10. The Morgan fingerprint density at radius 3 is 2.58 bits per heavy atom. The highest BCUT2D eigenvalue weighted by Gasteiger charge is 2.32. The fraction of sp³-hybridized carbons (Fsp3) is 0.333. The number of anilines is 2. The number of nitrogens with two attached hydrogens (primary N) is 1. The minimum atomic E-state index is -4.55. The number of nitrogens with one attached hydrogen (secondary N) is 1. The van der Waals surface area contributed by atoms with Gasteiger partial charge in [0.05, 0.1) is 27.7 Å². The van der Waals surface area contributed by atoms with E-state index in [0.717, 1.165) is 24.3 Å². The molecule has 13 heteroatoms. The van der Waals surface area contributed by atoms with Crippen LogP contribution in [0.25, 0.3) is 0 Å². The molecule has 1 heterocycles. The van der Waals surface area contributed by atoms with Crippen LogP contribution in [-0.2, 0) is 6.18 Å². The number of halogens is 4. The lowest BCUT2D eigenvalue weighted by molar-refractivity contribution is -0.383. The second kappa shape index (κ2) is 9.69. The molecule has 2 rings (SSSR count). The van der Waals surface area contributed by atoms with Gasteiger partial charge in [-0.25, -0.2) is 0 Å². The maximum Gasteiger partial charge on any atom is 0.416 e. The van der Waals surface area contributed by atoms with E-state index in [0.29, 0.717) is 0 Å². The molecule has 3 N–H and O–H groups in total. The molecule has 0 saturated carbocycles. The molecule has 2 aromatic rings. The highest BCUT2D eigenvalue weighted by atomic mass is 35.5. The number of pyridine rings is 1. The zero-order valence-corrected chi connectivity index (χ0v) is 17.3. The average molecular weight is 462 g/mol. The van der Waals surface area contributed by atoms with E-state index in [1.807, 2.05) is 0 Å². The molecule has 1 aromatic carbocycles.